The van der Waals surface area contributed by atoms with Crippen LogP contribution >= 0.6 is 11.3 Å². The van der Waals surface area contributed by atoms with Gasteiger partial charge in [-0.2, -0.15) is 0 Å². The van der Waals surface area contributed by atoms with Gasteiger partial charge in [-0.15, -0.1) is 11.3 Å². The number of carboxylic acid groups (broad SMARTS) is 1. The number of guanidine groups is 1. The van der Waals surface area contributed by atoms with Crippen LogP contribution in [-0.4, -0.2) is 55.5 Å². The summed E-state index contributed by atoms with van der Waals surface area (Å²) in [6.45, 7) is 0.549. The molecule has 0 radical (unpaired) electrons. The van der Waals surface area contributed by atoms with Gasteiger partial charge in [0.2, 0.25) is 0 Å². The number of carbonyl (C=O) groups is 2. The summed E-state index contributed by atoms with van der Waals surface area (Å²) >= 11 is 0.991. The van der Waals surface area contributed by atoms with Crippen molar-refractivity contribution in [2.75, 3.05) is 17.9 Å². The Labute approximate surface area is 277 Å². The van der Waals surface area contributed by atoms with Gasteiger partial charge in [0.05, 0.1) is 12.3 Å². The van der Waals surface area contributed by atoms with E-state index in [0.717, 1.165) is 58.4 Å². The van der Waals surface area contributed by atoms with Crippen LogP contribution in [0.25, 0.3) is 11.1 Å². The average molecular weight is 677 g/mol. The van der Waals surface area contributed by atoms with Crippen LogP contribution in [0.2, 0.25) is 0 Å². The van der Waals surface area contributed by atoms with Crippen molar-refractivity contribution in [3.05, 3.63) is 93.9 Å². The third-order valence-electron chi connectivity index (χ3n) is 7.67. The Hall–Kier alpha value is -4.95. The highest BCUT2D eigenvalue weighted by Gasteiger charge is 2.30. The molecule has 14 heteroatoms. The maximum absolute atomic E-state index is 13.9. The number of aryl methyl sites for hydroxylation is 2. The number of aliphatic carboxylic acids is 1. The fraction of sp³-hybridized carbons (Fsp3) is 0.273. The van der Waals surface area contributed by atoms with Crippen LogP contribution in [0.1, 0.15) is 45.6 Å². The molecule has 12 nitrogen and oxygen atoms in total. The molecule has 1 amide bonds. The molecule has 7 N–H and O–H groups in total. The van der Waals surface area contributed by atoms with Gasteiger partial charge >= 0.3 is 5.97 Å². The lowest BCUT2D eigenvalue weighted by molar-refractivity contribution is -0.139. The lowest BCUT2D eigenvalue weighted by Crippen LogP contribution is -2.40. The summed E-state index contributed by atoms with van der Waals surface area (Å²) < 4.78 is 36.2. The molecule has 2 aromatic heterocycles. The molecule has 47 heavy (non-hydrogen) atoms. The van der Waals surface area contributed by atoms with Gasteiger partial charge in [-0.05, 0) is 89.6 Å². The number of nitrogens with zero attached hydrogens (tertiary/aromatic N) is 2. The standard InChI is InChI=1S/C33H36N6O6S2/c34-33(35)37-15-5-11-27(32(41)42)38-31(40)30-26(13-17-46-30)39-47(43,44)28-19-24(18-23-12-16-45-29(23)28)25-10-2-1-8-22(25)9-3-6-21-7-4-14-36-20-21/h1-2,4,7-8,10,13-14,17-20,27,39H,3,5-6,9,11-12,15-16H2,(H,38,40)(H,41,42)(H4,34,35,37)/t27-/m0/s1. The summed E-state index contributed by atoms with van der Waals surface area (Å²) in [5.74, 6) is -1.78. The number of aliphatic imine (C=N–C) groups is 1. The normalized spacial score (nSPS) is 12.9. The number of carbonyl (C=O) groups excluding carboxylic acids is 1. The maximum Gasteiger partial charge on any atom is 0.326 e. The molecule has 0 bridgehead atoms. The van der Waals surface area contributed by atoms with Gasteiger partial charge in [-0.25, -0.2) is 13.2 Å². The molecule has 1 aliphatic heterocycles. The molecule has 1 atom stereocenters. The number of ether oxygens (including phenoxy) is 1. The lowest BCUT2D eigenvalue weighted by atomic mass is 9.94. The van der Waals surface area contributed by atoms with Crippen molar-refractivity contribution in [1.82, 2.24) is 10.3 Å². The highest BCUT2D eigenvalue weighted by molar-refractivity contribution is 7.92. The number of sulfonamides is 1. The van der Waals surface area contributed by atoms with Crippen LogP contribution < -0.4 is 26.2 Å². The zero-order chi connectivity index (χ0) is 33.4. The van der Waals surface area contributed by atoms with Crippen molar-refractivity contribution in [2.24, 2.45) is 16.5 Å². The van der Waals surface area contributed by atoms with E-state index in [1.807, 2.05) is 42.6 Å². The van der Waals surface area contributed by atoms with Crippen molar-refractivity contribution in [3.8, 4) is 16.9 Å². The summed E-state index contributed by atoms with van der Waals surface area (Å²) in [6.07, 6.45) is 7.11. The van der Waals surface area contributed by atoms with Gasteiger partial charge in [0.15, 0.2) is 5.96 Å². The number of hydrogen-bond donors (Lipinski definition) is 5. The first kappa shape index (κ1) is 33.4. The van der Waals surface area contributed by atoms with E-state index in [4.69, 9.17) is 16.2 Å². The molecule has 4 aromatic rings. The number of benzene rings is 2. The molecular formula is C33H36N6O6S2. The van der Waals surface area contributed by atoms with E-state index in [9.17, 15) is 23.1 Å². The van der Waals surface area contributed by atoms with E-state index in [0.29, 0.717) is 19.4 Å². The number of nitrogens with two attached hydrogens (primary N) is 2. The predicted molar refractivity (Wildman–Crippen MR) is 181 cm³/mol. The minimum atomic E-state index is -4.24. The fourth-order valence-electron chi connectivity index (χ4n) is 5.43. The largest absolute Gasteiger partial charge is 0.492 e. The Morgan fingerprint density at radius 1 is 1.09 bits per heavy atom. The number of pyridine rings is 1. The van der Waals surface area contributed by atoms with Crippen molar-refractivity contribution < 1.29 is 27.9 Å². The molecule has 0 saturated heterocycles. The second kappa shape index (κ2) is 15.1. The van der Waals surface area contributed by atoms with E-state index in [-0.39, 0.29) is 40.1 Å². The number of hydrogen-bond acceptors (Lipinski definition) is 8. The zero-order valence-corrected chi connectivity index (χ0v) is 27.1. The third-order valence-corrected chi connectivity index (χ3v) is 9.95. The molecular weight excluding hydrogens is 641 g/mol. The maximum atomic E-state index is 13.9. The van der Waals surface area contributed by atoms with Gasteiger partial charge in [-0.3, -0.25) is 19.5 Å². The number of amides is 1. The molecule has 0 saturated carbocycles. The number of thiophene rings is 1. The Bertz CT molecular complexity index is 1870. The Morgan fingerprint density at radius 3 is 2.68 bits per heavy atom. The van der Waals surface area contributed by atoms with Gasteiger partial charge < -0.3 is 26.6 Å². The molecule has 1 aliphatic rings. The second-order valence-electron chi connectivity index (χ2n) is 11.0. The highest BCUT2D eigenvalue weighted by Crippen LogP contribution is 2.39. The van der Waals surface area contributed by atoms with Crippen LogP contribution in [0.15, 0.2) is 82.3 Å². The van der Waals surface area contributed by atoms with E-state index in [1.165, 1.54) is 6.07 Å². The number of carboxylic acids is 1. The SMILES string of the molecule is NC(N)=NCCC[C@H](NC(=O)c1sccc1NS(=O)(=O)c1cc(-c2ccccc2CCCc2cccnc2)cc2c1OCC2)C(=O)O. The zero-order valence-electron chi connectivity index (χ0n) is 25.5. The van der Waals surface area contributed by atoms with Crippen LogP contribution in [-0.2, 0) is 34.1 Å². The number of nitrogens with one attached hydrogen (secondary N) is 2. The monoisotopic (exact) mass is 676 g/mol. The number of aromatic nitrogens is 1. The Morgan fingerprint density at radius 2 is 1.91 bits per heavy atom. The van der Waals surface area contributed by atoms with Crippen LogP contribution in [0.3, 0.4) is 0 Å². The van der Waals surface area contributed by atoms with Gasteiger partial charge in [0.25, 0.3) is 15.9 Å². The molecule has 5 rings (SSSR count). The van der Waals surface area contributed by atoms with Crippen molar-refractivity contribution in [1.29, 1.82) is 0 Å². The molecule has 3 heterocycles. The van der Waals surface area contributed by atoms with Crippen molar-refractivity contribution in [3.63, 3.8) is 0 Å². The number of anilines is 1. The molecule has 0 aliphatic carbocycles. The summed E-state index contributed by atoms with van der Waals surface area (Å²) in [7, 11) is -4.24. The van der Waals surface area contributed by atoms with Crippen LogP contribution in [0.4, 0.5) is 5.69 Å². The van der Waals surface area contributed by atoms with Gasteiger partial charge in [-0.1, -0.05) is 30.3 Å². The van der Waals surface area contributed by atoms with Crippen molar-refractivity contribution in [2.45, 2.75) is 49.5 Å². The summed E-state index contributed by atoms with van der Waals surface area (Å²) in [5, 5.41) is 13.7. The molecule has 2 aromatic carbocycles. The molecule has 246 valence electrons. The van der Waals surface area contributed by atoms with Crippen LogP contribution in [0.5, 0.6) is 5.75 Å². The number of rotatable bonds is 15. The number of fused-ring (bicyclic) bond motifs is 1. The molecule has 0 fully saturated rings. The van der Waals surface area contributed by atoms with E-state index >= 15 is 0 Å². The fourth-order valence-corrected chi connectivity index (χ4v) is 7.53. The predicted octanol–water partition coefficient (Wildman–Crippen LogP) is 3.96. The topological polar surface area (TPSA) is 199 Å². The third kappa shape index (κ3) is 8.45. The average Bonchev–Trinajstić information content (AvgIpc) is 3.72. The Kier molecular flexibility index (Phi) is 10.7. The summed E-state index contributed by atoms with van der Waals surface area (Å²) in [6, 6.07) is 15.7. The lowest BCUT2D eigenvalue weighted by Gasteiger charge is -2.16. The van der Waals surface area contributed by atoms with E-state index < -0.39 is 27.9 Å². The first-order valence-corrected chi connectivity index (χ1v) is 17.4. The Balaban J connectivity index is 1.37. The first-order chi connectivity index (χ1) is 22.6. The highest BCUT2D eigenvalue weighted by atomic mass is 32.2. The quantitative estimate of drug-likeness (QED) is 0.0703. The minimum absolute atomic E-state index is 0.0247. The molecule has 0 unspecified atom stereocenters. The summed E-state index contributed by atoms with van der Waals surface area (Å²) in [5.41, 5.74) is 15.4. The minimum Gasteiger partial charge on any atom is -0.492 e. The molecule has 0 spiro atoms. The van der Waals surface area contributed by atoms with Crippen LogP contribution in [0, 0.1) is 0 Å². The smallest absolute Gasteiger partial charge is 0.326 e. The van der Waals surface area contributed by atoms with Gasteiger partial charge in [0, 0.05) is 25.4 Å². The van der Waals surface area contributed by atoms with Gasteiger partial charge in [0.1, 0.15) is 21.6 Å². The second-order valence-corrected chi connectivity index (χ2v) is 13.6. The first-order valence-electron chi connectivity index (χ1n) is 15.1. The van der Waals surface area contributed by atoms with E-state index in [2.05, 4.69) is 26.1 Å². The van der Waals surface area contributed by atoms with Crippen molar-refractivity contribution >= 4 is 44.9 Å². The van der Waals surface area contributed by atoms with E-state index in [1.54, 1.807) is 17.6 Å². The summed E-state index contributed by atoms with van der Waals surface area (Å²) in [4.78, 5) is 33.0.